The average Bonchev–Trinajstić information content (AvgIpc) is 1.89. The zero-order chi connectivity index (χ0) is 7.11. The van der Waals surface area contributed by atoms with Crippen LogP contribution in [0.15, 0.2) is 0 Å². The predicted molar refractivity (Wildman–Crippen MR) is 34.3 cm³/mol. The topological polar surface area (TPSA) is 27.7 Å². The smallest absolute Gasteiger partial charge is 0.154 e. The minimum atomic E-state index is -0.125. The van der Waals surface area contributed by atoms with Crippen LogP contribution in [0.5, 0.6) is 0 Å². The zero-order valence-electron chi connectivity index (χ0n) is 6.22. The molecule has 0 aromatic carbocycles. The molecule has 0 unspecified atom stereocenters. The molecule has 0 rings (SSSR count). The second-order valence-electron chi connectivity index (χ2n) is 1.67. The molecule has 0 aromatic rings. The van der Waals surface area contributed by atoms with Crippen LogP contribution in [0.1, 0.15) is 6.92 Å². The summed E-state index contributed by atoms with van der Waals surface area (Å²) in [6.07, 6.45) is -0.125. The number of rotatable bonds is 5. The molecule has 0 aliphatic rings. The van der Waals surface area contributed by atoms with Gasteiger partial charge in [0.15, 0.2) is 6.29 Å². The molecule has 0 spiro atoms. The number of ether oxygens (including phenoxy) is 3. The number of methoxy groups -OCH3 is 2. The van der Waals surface area contributed by atoms with Gasteiger partial charge in [-0.2, -0.15) is 0 Å². The molecule has 0 fully saturated rings. The highest BCUT2D eigenvalue weighted by atomic mass is 16.7. The van der Waals surface area contributed by atoms with Crippen molar-refractivity contribution in [2.75, 3.05) is 27.4 Å². The van der Waals surface area contributed by atoms with E-state index in [1.165, 1.54) is 0 Å². The van der Waals surface area contributed by atoms with E-state index in [0.717, 1.165) is 0 Å². The Labute approximate surface area is 55.9 Å². The largest absolute Gasteiger partial charge is 0.382 e. The molecule has 0 N–H and O–H groups in total. The second-order valence-corrected chi connectivity index (χ2v) is 1.67. The first-order valence-electron chi connectivity index (χ1n) is 2.94. The van der Waals surface area contributed by atoms with Gasteiger partial charge < -0.3 is 14.2 Å². The van der Waals surface area contributed by atoms with Gasteiger partial charge in [0.05, 0.1) is 13.2 Å². The highest BCUT2D eigenvalue weighted by Gasteiger charge is 1.95. The standard InChI is InChI=1S/C6H14O3/c1-6(8-3)9-5-4-7-2/h6H,4-5H2,1-3H3/t6-/m0/s1. The SMILES string of the molecule is COCCO[C@@H](C)OC. The van der Waals surface area contributed by atoms with Crippen molar-refractivity contribution < 1.29 is 14.2 Å². The third-order valence-electron chi connectivity index (χ3n) is 0.972. The summed E-state index contributed by atoms with van der Waals surface area (Å²) in [6, 6.07) is 0. The van der Waals surface area contributed by atoms with Crippen molar-refractivity contribution in [1.29, 1.82) is 0 Å². The first-order chi connectivity index (χ1) is 4.31. The van der Waals surface area contributed by atoms with Crippen molar-refractivity contribution in [1.82, 2.24) is 0 Å². The molecule has 56 valence electrons. The Morgan fingerprint density at radius 1 is 1.22 bits per heavy atom. The summed E-state index contributed by atoms with van der Waals surface area (Å²) >= 11 is 0. The lowest BCUT2D eigenvalue weighted by Gasteiger charge is -2.09. The van der Waals surface area contributed by atoms with Gasteiger partial charge in [-0.1, -0.05) is 0 Å². The highest BCUT2D eigenvalue weighted by Crippen LogP contribution is 1.88. The molecule has 0 saturated carbocycles. The molecule has 3 nitrogen and oxygen atoms in total. The van der Waals surface area contributed by atoms with E-state index in [0.29, 0.717) is 13.2 Å². The summed E-state index contributed by atoms with van der Waals surface area (Å²) in [4.78, 5) is 0. The Balaban J connectivity index is 2.88. The van der Waals surface area contributed by atoms with E-state index in [1.54, 1.807) is 14.2 Å². The van der Waals surface area contributed by atoms with E-state index in [1.807, 2.05) is 6.92 Å². The summed E-state index contributed by atoms with van der Waals surface area (Å²) in [6.45, 7) is 3.05. The van der Waals surface area contributed by atoms with Crippen LogP contribution in [0, 0.1) is 0 Å². The van der Waals surface area contributed by atoms with Crippen molar-refractivity contribution in [3.05, 3.63) is 0 Å². The Hall–Kier alpha value is -0.120. The quantitative estimate of drug-likeness (QED) is 0.408. The summed E-state index contributed by atoms with van der Waals surface area (Å²) in [5, 5.41) is 0. The van der Waals surface area contributed by atoms with Crippen LogP contribution in [0.3, 0.4) is 0 Å². The van der Waals surface area contributed by atoms with Gasteiger partial charge >= 0.3 is 0 Å². The average molecular weight is 134 g/mol. The highest BCUT2D eigenvalue weighted by molar-refractivity contribution is 4.29. The van der Waals surface area contributed by atoms with E-state index in [-0.39, 0.29) is 6.29 Å². The first-order valence-corrected chi connectivity index (χ1v) is 2.94. The van der Waals surface area contributed by atoms with E-state index < -0.39 is 0 Å². The van der Waals surface area contributed by atoms with Crippen molar-refractivity contribution in [3.8, 4) is 0 Å². The fourth-order valence-corrected chi connectivity index (χ4v) is 0.365. The normalized spacial score (nSPS) is 13.7. The number of hydrogen-bond acceptors (Lipinski definition) is 3. The van der Waals surface area contributed by atoms with Gasteiger partial charge in [-0.3, -0.25) is 0 Å². The first kappa shape index (κ1) is 8.88. The van der Waals surface area contributed by atoms with Crippen LogP contribution in [0.25, 0.3) is 0 Å². The van der Waals surface area contributed by atoms with Gasteiger partial charge in [0.25, 0.3) is 0 Å². The van der Waals surface area contributed by atoms with Gasteiger partial charge in [0.1, 0.15) is 0 Å². The van der Waals surface area contributed by atoms with Crippen LogP contribution >= 0.6 is 0 Å². The van der Waals surface area contributed by atoms with Crippen LogP contribution in [0.2, 0.25) is 0 Å². The van der Waals surface area contributed by atoms with Gasteiger partial charge in [-0.25, -0.2) is 0 Å². The molecule has 1 atom stereocenters. The van der Waals surface area contributed by atoms with Gasteiger partial charge in [0.2, 0.25) is 0 Å². The lowest BCUT2D eigenvalue weighted by atomic mass is 10.7. The fourth-order valence-electron chi connectivity index (χ4n) is 0.365. The third kappa shape index (κ3) is 5.76. The van der Waals surface area contributed by atoms with Crippen LogP contribution in [-0.2, 0) is 14.2 Å². The Bertz CT molecular complexity index is 56.3. The van der Waals surface area contributed by atoms with Gasteiger partial charge in [-0.05, 0) is 6.92 Å². The van der Waals surface area contributed by atoms with Crippen molar-refractivity contribution in [3.63, 3.8) is 0 Å². The second kappa shape index (κ2) is 6.01. The maximum atomic E-state index is 5.08. The maximum absolute atomic E-state index is 5.08. The van der Waals surface area contributed by atoms with Crippen molar-refractivity contribution >= 4 is 0 Å². The molecule has 0 bridgehead atoms. The molecular weight excluding hydrogens is 120 g/mol. The van der Waals surface area contributed by atoms with Crippen LogP contribution in [-0.4, -0.2) is 33.7 Å². The summed E-state index contributed by atoms with van der Waals surface area (Å²) < 4.78 is 14.7. The van der Waals surface area contributed by atoms with Crippen molar-refractivity contribution in [2.24, 2.45) is 0 Å². The summed E-state index contributed by atoms with van der Waals surface area (Å²) in [5.74, 6) is 0. The maximum Gasteiger partial charge on any atom is 0.154 e. The van der Waals surface area contributed by atoms with Crippen LogP contribution in [0.4, 0.5) is 0 Å². The summed E-state index contributed by atoms with van der Waals surface area (Å²) in [5.41, 5.74) is 0. The minimum Gasteiger partial charge on any atom is -0.382 e. The molecule has 0 amide bonds. The Morgan fingerprint density at radius 3 is 2.33 bits per heavy atom. The molecule has 0 radical (unpaired) electrons. The van der Waals surface area contributed by atoms with Crippen molar-refractivity contribution in [2.45, 2.75) is 13.2 Å². The van der Waals surface area contributed by atoms with Gasteiger partial charge in [0, 0.05) is 14.2 Å². The van der Waals surface area contributed by atoms with E-state index >= 15 is 0 Å². The molecule has 0 aliphatic heterocycles. The Morgan fingerprint density at radius 2 is 1.89 bits per heavy atom. The Kier molecular flexibility index (Phi) is 5.93. The van der Waals surface area contributed by atoms with Gasteiger partial charge in [-0.15, -0.1) is 0 Å². The summed E-state index contributed by atoms with van der Waals surface area (Å²) in [7, 11) is 3.25. The molecule has 0 aromatic heterocycles. The predicted octanol–water partition coefficient (Wildman–Crippen LogP) is 0.642. The molecule has 9 heavy (non-hydrogen) atoms. The lowest BCUT2D eigenvalue weighted by molar-refractivity contribution is -0.119. The molecule has 0 heterocycles. The van der Waals surface area contributed by atoms with E-state index in [4.69, 9.17) is 14.2 Å². The molecule has 3 heteroatoms. The molecule has 0 aliphatic carbocycles. The lowest BCUT2D eigenvalue weighted by Crippen LogP contribution is -2.13. The minimum absolute atomic E-state index is 0.125. The monoisotopic (exact) mass is 134 g/mol. The van der Waals surface area contributed by atoms with Crippen LogP contribution < -0.4 is 0 Å². The zero-order valence-corrected chi connectivity index (χ0v) is 6.22. The molecular formula is C6H14O3. The van der Waals surface area contributed by atoms with E-state index in [2.05, 4.69) is 0 Å². The fraction of sp³-hybridized carbons (Fsp3) is 1.00. The molecule has 0 saturated heterocycles. The number of hydrogen-bond donors (Lipinski definition) is 0. The third-order valence-corrected chi connectivity index (χ3v) is 0.972. The van der Waals surface area contributed by atoms with E-state index in [9.17, 15) is 0 Å².